The summed E-state index contributed by atoms with van der Waals surface area (Å²) < 4.78 is 7.45. The molecule has 4 rings (SSSR count). The van der Waals surface area contributed by atoms with Gasteiger partial charge >= 0.3 is 0 Å². The molecule has 3 aromatic rings. The van der Waals surface area contributed by atoms with E-state index in [1.807, 2.05) is 12.1 Å². The third-order valence-electron chi connectivity index (χ3n) is 4.84. The van der Waals surface area contributed by atoms with Crippen molar-refractivity contribution < 1.29 is 9.21 Å². The van der Waals surface area contributed by atoms with Gasteiger partial charge < -0.3 is 14.2 Å². The number of rotatable bonds is 3. The quantitative estimate of drug-likeness (QED) is 0.680. The van der Waals surface area contributed by atoms with Crippen molar-refractivity contribution in [2.75, 3.05) is 31.1 Å². The predicted molar refractivity (Wildman–Crippen MR) is 105 cm³/mol. The Morgan fingerprint density at radius 2 is 1.93 bits per heavy atom. The molecule has 1 aliphatic heterocycles. The summed E-state index contributed by atoms with van der Waals surface area (Å²) in [7, 11) is 0. The number of nitriles is 1. The Bertz CT molecular complexity index is 1040. The van der Waals surface area contributed by atoms with E-state index < -0.39 is 0 Å². The number of hydrogen-bond donors (Lipinski definition) is 0. The number of carbonyl (C=O) groups excluding carboxylic acids is 1. The second kappa shape index (κ2) is 7.41. The summed E-state index contributed by atoms with van der Waals surface area (Å²) in [4.78, 5) is 21.3. The lowest BCUT2D eigenvalue weighted by molar-refractivity contribution is 0.0744. The summed E-state index contributed by atoms with van der Waals surface area (Å²) in [5, 5.41) is 10.2. The van der Waals surface area contributed by atoms with Crippen LogP contribution in [0.2, 0.25) is 5.02 Å². The molecule has 142 valence electrons. The molecule has 0 radical (unpaired) electrons. The third kappa shape index (κ3) is 3.12. The molecular weight excluding hydrogens is 378 g/mol. The largest absolute Gasteiger partial charge is 0.443 e. The van der Waals surface area contributed by atoms with Crippen LogP contribution < -0.4 is 4.90 Å². The molecule has 28 heavy (non-hydrogen) atoms. The first-order valence-corrected chi connectivity index (χ1v) is 9.29. The Hall–Kier alpha value is -3.24. The molecule has 1 amide bonds. The van der Waals surface area contributed by atoms with E-state index in [0.717, 1.165) is 5.82 Å². The minimum atomic E-state index is -0.192. The molecule has 1 fully saturated rings. The van der Waals surface area contributed by atoms with Crippen molar-refractivity contribution in [1.82, 2.24) is 14.5 Å². The number of carbonyl (C=O) groups is 1. The van der Waals surface area contributed by atoms with Crippen molar-refractivity contribution in [3.05, 3.63) is 64.8 Å². The highest BCUT2D eigenvalue weighted by molar-refractivity contribution is 6.32. The van der Waals surface area contributed by atoms with E-state index in [1.54, 1.807) is 47.1 Å². The molecule has 0 aromatic carbocycles. The molecule has 0 unspecified atom stereocenters. The second-order valence-electron chi connectivity index (χ2n) is 6.50. The Morgan fingerprint density at radius 1 is 1.21 bits per heavy atom. The SMILES string of the molecule is Cc1oc(-n2cccc2)c(C#N)c1C(=O)N1CCN(c2ncccc2Cl)CC1. The van der Waals surface area contributed by atoms with Crippen LogP contribution in [0.4, 0.5) is 5.82 Å². The number of anilines is 1. The molecule has 4 heterocycles. The average Bonchev–Trinajstić information content (AvgIpc) is 3.35. The van der Waals surface area contributed by atoms with Gasteiger partial charge in [0.25, 0.3) is 5.91 Å². The number of aryl methyl sites for hydroxylation is 1. The summed E-state index contributed by atoms with van der Waals surface area (Å²) >= 11 is 6.23. The lowest BCUT2D eigenvalue weighted by atomic mass is 10.1. The molecule has 0 bridgehead atoms. The van der Waals surface area contributed by atoms with Crippen molar-refractivity contribution >= 4 is 23.3 Å². The lowest BCUT2D eigenvalue weighted by Crippen LogP contribution is -2.49. The van der Waals surface area contributed by atoms with E-state index in [0.29, 0.717) is 48.4 Å². The van der Waals surface area contributed by atoms with Gasteiger partial charge in [-0.15, -0.1) is 0 Å². The molecule has 8 heteroatoms. The number of amides is 1. The minimum absolute atomic E-state index is 0.192. The Balaban J connectivity index is 1.55. The van der Waals surface area contributed by atoms with Crippen LogP contribution in [0.15, 0.2) is 47.3 Å². The summed E-state index contributed by atoms with van der Waals surface area (Å²) in [6.45, 7) is 3.97. The highest BCUT2D eigenvalue weighted by atomic mass is 35.5. The summed E-state index contributed by atoms with van der Waals surface area (Å²) in [6.07, 6.45) is 5.26. The second-order valence-corrected chi connectivity index (χ2v) is 6.91. The van der Waals surface area contributed by atoms with Crippen LogP contribution in [0, 0.1) is 18.3 Å². The zero-order valence-electron chi connectivity index (χ0n) is 15.3. The van der Waals surface area contributed by atoms with Gasteiger partial charge in [-0.25, -0.2) is 4.98 Å². The van der Waals surface area contributed by atoms with Gasteiger partial charge in [0.2, 0.25) is 5.88 Å². The fourth-order valence-electron chi connectivity index (χ4n) is 3.43. The highest BCUT2D eigenvalue weighted by Gasteiger charge is 2.30. The number of furan rings is 1. The fourth-order valence-corrected chi connectivity index (χ4v) is 3.67. The third-order valence-corrected chi connectivity index (χ3v) is 5.13. The van der Waals surface area contributed by atoms with Crippen molar-refractivity contribution in [1.29, 1.82) is 5.26 Å². The standard InChI is InChI=1S/C20H18ClN5O2/c1-14-17(15(13-22)20(28-14)26-7-2-3-8-26)19(27)25-11-9-24(10-12-25)18-16(21)5-4-6-23-18/h2-8H,9-12H2,1H3. The molecule has 0 spiro atoms. The van der Waals surface area contributed by atoms with Crippen LogP contribution in [-0.2, 0) is 0 Å². The number of nitrogens with zero attached hydrogens (tertiary/aromatic N) is 5. The van der Waals surface area contributed by atoms with E-state index in [2.05, 4.69) is 16.0 Å². The van der Waals surface area contributed by atoms with E-state index in [9.17, 15) is 10.1 Å². The van der Waals surface area contributed by atoms with Gasteiger partial charge in [0.05, 0.1) is 5.02 Å². The zero-order chi connectivity index (χ0) is 19.7. The first-order chi connectivity index (χ1) is 13.6. The Labute approximate surface area is 167 Å². The molecule has 0 N–H and O–H groups in total. The zero-order valence-corrected chi connectivity index (χ0v) is 16.1. The molecule has 1 aliphatic rings. The van der Waals surface area contributed by atoms with Gasteiger partial charge in [-0.2, -0.15) is 5.26 Å². The molecular formula is C20H18ClN5O2. The van der Waals surface area contributed by atoms with Crippen LogP contribution in [0.1, 0.15) is 21.7 Å². The van der Waals surface area contributed by atoms with E-state index in [-0.39, 0.29) is 11.5 Å². The molecule has 0 atom stereocenters. The maximum atomic E-state index is 13.1. The van der Waals surface area contributed by atoms with E-state index in [4.69, 9.17) is 16.0 Å². The van der Waals surface area contributed by atoms with Gasteiger partial charge in [0.1, 0.15) is 28.8 Å². The van der Waals surface area contributed by atoms with Crippen molar-refractivity contribution in [2.24, 2.45) is 0 Å². The Kier molecular flexibility index (Phi) is 4.80. The van der Waals surface area contributed by atoms with E-state index in [1.165, 1.54) is 0 Å². The maximum absolute atomic E-state index is 13.1. The fraction of sp³-hybridized carbons (Fsp3) is 0.250. The number of pyridine rings is 1. The molecule has 3 aromatic heterocycles. The summed E-state index contributed by atoms with van der Waals surface area (Å²) in [5.41, 5.74) is 0.587. The highest BCUT2D eigenvalue weighted by Crippen LogP contribution is 2.28. The van der Waals surface area contributed by atoms with Gasteiger partial charge in [-0.05, 0) is 31.2 Å². The smallest absolute Gasteiger partial charge is 0.258 e. The molecule has 1 saturated heterocycles. The van der Waals surface area contributed by atoms with Gasteiger partial charge in [-0.1, -0.05) is 11.6 Å². The van der Waals surface area contributed by atoms with Crippen LogP contribution >= 0.6 is 11.6 Å². The molecule has 0 saturated carbocycles. The van der Waals surface area contributed by atoms with E-state index >= 15 is 0 Å². The number of halogens is 1. The topological polar surface area (TPSA) is 78.3 Å². The summed E-state index contributed by atoms with van der Waals surface area (Å²) in [5.74, 6) is 1.35. The number of piperazine rings is 1. The van der Waals surface area contributed by atoms with Gasteiger partial charge in [0, 0.05) is 44.8 Å². The Morgan fingerprint density at radius 3 is 2.57 bits per heavy atom. The lowest BCUT2D eigenvalue weighted by Gasteiger charge is -2.35. The van der Waals surface area contributed by atoms with Crippen LogP contribution in [-0.4, -0.2) is 46.5 Å². The predicted octanol–water partition coefficient (Wildman–Crippen LogP) is 3.26. The minimum Gasteiger partial charge on any atom is -0.443 e. The van der Waals surface area contributed by atoms with Gasteiger partial charge in [-0.3, -0.25) is 9.36 Å². The number of aromatic nitrogens is 2. The van der Waals surface area contributed by atoms with Crippen LogP contribution in [0.25, 0.3) is 5.88 Å². The molecule has 0 aliphatic carbocycles. The first-order valence-electron chi connectivity index (χ1n) is 8.91. The maximum Gasteiger partial charge on any atom is 0.258 e. The van der Waals surface area contributed by atoms with Crippen LogP contribution in [0.3, 0.4) is 0 Å². The number of hydrogen-bond acceptors (Lipinski definition) is 5. The average molecular weight is 396 g/mol. The van der Waals surface area contributed by atoms with Crippen LogP contribution in [0.5, 0.6) is 0 Å². The monoisotopic (exact) mass is 395 g/mol. The molecule has 7 nitrogen and oxygen atoms in total. The first kappa shape index (κ1) is 18.1. The summed E-state index contributed by atoms with van der Waals surface area (Å²) in [6, 6.07) is 9.40. The van der Waals surface area contributed by atoms with Gasteiger partial charge in [0.15, 0.2) is 0 Å². The van der Waals surface area contributed by atoms with Crippen molar-refractivity contribution in [2.45, 2.75) is 6.92 Å². The van der Waals surface area contributed by atoms with Crippen molar-refractivity contribution in [3.8, 4) is 12.0 Å². The van der Waals surface area contributed by atoms with Crippen molar-refractivity contribution in [3.63, 3.8) is 0 Å². The normalized spacial score (nSPS) is 14.2.